The molecular formula is C8H13N3. The zero-order valence-corrected chi connectivity index (χ0v) is 6.56. The van der Waals surface area contributed by atoms with Gasteiger partial charge in [-0.15, -0.1) is 12.3 Å². The molecule has 1 heterocycles. The molecule has 3 heteroatoms. The quantitative estimate of drug-likeness (QED) is 0.438. The van der Waals surface area contributed by atoms with E-state index in [4.69, 9.17) is 6.42 Å². The molecule has 0 aromatic rings. The van der Waals surface area contributed by atoms with Gasteiger partial charge in [0.2, 0.25) is 0 Å². The van der Waals surface area contributed by atoms with Crippen LogP contribution in [0.3, 0.4) is 0 Å². The van der Waals surface area contributed by atoms with Crippen molar-refractivity contribution in [2.75, 3.05) is 19.6 Å². The summed E-state index contributed by atoms with van der Waals surface area (Å²) in [5.41, 5.74) is 0. The minimum absolute atomic E-state index is 0.834. The maximum absolute atomic E-state index is 5.10. The molecule has 0 saturated carbocycles. The first kappa shape index (κ1) is 7.93. The average Bonchev–Trinajstić information content (AvgIpc) is 2.50. The summed E-state index contributed by atoms with van der Waals surface area (Å²) in [6, 6.07) is 0. The van der Waals surface area contributed by atoms with Gasteiger partial charge < -0.3 is 10.6 Å². The Kier molecular flexibility index (Phi) is 3.33. The molecule has 0 saturated heterocycles. The molecule has 0 amide bonds. The second-order valence-corrected chi connectivity index (χ2v) is 2.39. The molecule has 0 bridgehead atoms. The lowest BCUT2D eigenvalue weighted by Gasteiger charge is -2.03. The largest absolute Gasteiger partial charge is 0.356 e. The number of guanidine groups is 1. The van der Waals surface area contributed by atoms with Gasteiger partial charge in [-0.3, -0.25) is 4.99 Å². The molecule has 0 aliphatic carbocycles. The second-order valence-electron chi connectivity index (χ2n) is 2.39. The third-order valence-corrected chi connectivity index (χ3v) is 1.46. The van der Waals surface area contributed by atoms with Crippen molar-refractivity contribution in [1.29, 1.82) is 0 Å². The molecule has 11 heavy (non-hydrogen) atoms. The average molecular weight is 151 g/mol. The van der Waals surface area contributed by atoms with Gasteiger partial charge in [0, 0.05) is 19.5 Å². The zero-order valence-electron chi connectivity index (χ0n) is 6.56. The van der Waals surface area contributed by atoms with E-state index in [9.17, 15) is 0 Å². The number of unbranched alkanes of at least 4 members (excludes halogenated alkanes) is 1. The number of hydrogen-bond acceptors (Lipinski definition) is 3. The third kappa shape index (κ3) is 2.94. The molecule has 3 nitrogen and oxygen atoms in total. The number of terminal acetylenes is 1. The van der Waals surface area contributed by atoms with Crippen LogP contribution in [0.4, 0.5) is 0 Å². The van der Waals surface area contributed by atoms with Crippen molar-refractivity contribution < 1.29 is 0 Å². The van der Waals surface area contributed by atoms with Crippen LogP contribution in [0.5, 0.6) is 0 Å². The highest BCUT2D eigenvalue weighted by Gasteiger charge is 2.01. The molecule has 2 N–H and O–H groups in total. The Morgan fingerprint density at radius 1 is 1.73 bits per heavy atom. The number of aliphatic imine (C=N–C) groups is 1. The summed E-state index contributed by atoms with van der Waals surface area (Å²) < 4.78 is 0. The summed E-state index contributed by atoms with van der Waals surface area (Å²) >= 11 is 0. The smallest absolute Gasteiger partial charge is 0.191 e. The lowest BCUT2D eigenvalue weighted by atomic mass is 10.3. The first-order chi connectivity index (χ1) is 5.43. The normalized spacial score (nSPS) is 15.0. The summed E-state index contributed by atoms with van der Waals surface area (Å²) in [5, 5.41) is 6.28. The highest BCUT2D eigenvalue weighted by atomic mass is 15.2. The van der Waals surface area contributed by atoms with E-state index >= 15 is 0 Å². The van der Waals surface area contributed by atoms with E-state index in [-0.39, 0.29) is 0 Å². The zero-order chi connectivity index (χ0) is 7.94. The SMILES string of the molecule is C#CCCCNC1=NCCN1. The molecule has 1 aliphatic heterocycles. The lowest BCUT2D eigenvalue weighted by Crippen LogP contribution is -2.34. The second kappa shape index (κ2) is 4.62. The van der Waals surface area contributed by atoms with Gasteiger partial charge in [0.05, 0.1) is 6.54 Å². The molecule has 0 aromatic carbocycles. The first-order valence-corrected chi connectivity index (χ1v) is 3.89. The molecular weight excluding hydrogens is 138 g/mol. The standard InChI is InChI=1S/C8H13N3/c1-2-3-4-5-9-8-10-6-7-11-8/h1H,3-7H2,(H2,9,10,11). The highest BCUT2D eigenvalue weighted by molar-refractivity contribution is 5.81. The Balaban J connectivity index is 1.99. The number of nitrogens with one attached hydrogen (secondary N) is 2. The Morgan fingerprint density at radius 2 is 2.64 bits per heavy atom. The van der Waals surface area contributed by atoms with E-state index in [1.165, 1.54) is 0 Å². The van der Waals surface area contributed by atoms with Crippen molar-refractivity contribution in [3.8, 4) is 12.3 Å². The summed E-state index contributed by atoms with van der Waals surface area (Å²) in [7, 11) is 0. The van der Waals surface area contributed by atoms with Crippen molar-refractivity contribution in [3.05, 3.63) is 0 Å². The van der Waals surface area contributed by atoms with Gasteiger partial charge >= 0.3 is 0 Å². The predicted octanol–water partition coefficient (Wildman–Crippen LogP) is -0.0514. The van der Waals surface area contributed by atoms with Crippen molar-refractivity contribution in [1.82, 2.24) is 10.6 Å². The van der Waals surface area contributed by atoms with Gasteiger partial charge in [0.15, 0.2) is 5.96 Å². The van der Waals surface area contributed by atoms with Crippen molar-refractivity contribution >= 4 is 5.96 Å². The summed E-state index contributed by atoms with van der Waals surface area (Å²) in [6.07, 6.45) is 6.94. The first-order valence-electron chi connectivity index (χ1n) is 3.89. The van der Waals surface area contributed by atoms with E-state index in [1.807, 2.05) is 0 Å². The van der Waals surface area contributed by atoms with Gasteiger partial charge in [-0.05, 0) is 6.42 Å². The molecule has 0 unspecified atom stereocenters. The van der Waals surface area contributed by atoms with Crippen molar-refractivity contribution in [3.63, 3.8) is 0 Å². The summed E-state index contributed by atoms with van der Waals surface area (Å²) in [6.45, 7) is 2.75. The monoisotopic (exact) mass is 151 g/mol. The van der Waals surface area contributed by atoms with Crippen LogP contribution in [0.15, 0.2) is 4.99 Å². The van der Waals surface area contributed by atoms with E-state index in [0.717, 1.165) is 38.4 Å². The van der Waals surface area contributed by atoms with Crippen LogP contribution in [0, 0.1) is 12.3 Å². The third-order valence-electron chi connectivity index (χ3n) is 1.46. The highest BCUT2D eigenvalue weighted by Crippen LogP contribution is 1.85. The predicted molar refractivity (Wildman–Crippen MR) is 46.4 cm³/mol. The molecule has 0 aromatic heterocycles. The molecule has 0 atom stereocenters. The lowest BCUT2D eigenvalue weighted by molar-refractivity contribution is 0.782. The van der Waals surface area contributed by atoms with Crippen LogP contribution < -0.4 is 10.6 Å². The van der Waals surface area contributed by atoms with Crippen LogP contribution in [0.1, 0.15) is 12.8 Å². The fraction of sp³-hybridized carbons (Fsp3) is 0.625. The van der Waals surface area contributed by atoms with Crippen LogP contribution in [-0.2, 0) is 0 Å². The molecule has 0 fully saturated rings. The Bertz CT molecular complexity index is 178. The maximum Gasteiger partial charge on any atom is 0.191 e. The fourth-order valence-electron chi connectivity index (χ4n) is 0.914. The van der Waals surface area contributed by atoms with Crippen LogP contribution >= 0.6 is 0 Å². The Hall–Kier alpha value is -1.17. The summed E-state index contributed by atoms with van der Waals surface area (Å²) in [4.78, 5) is 4.18. The van der Waals surface area contributed by atoms with Crippen LogP contribution in [0.25, 0.3) is 0 Å². The number of nitrogens with zero attached hydrogens (tertiary/aromatic N) is 1. The van der Waals surface area contributed by atoms with Gasteiger partial charge in [0.1, 0.15) is 0 Å². The van der Waals surface area contributed by atoms with Crippen LogP contribution in [-0.4, -0.2) is 25.6 Å². The van der Waals surface area contributed by atoms with Crippen LogP contribution in [0.2, 0.25) is 0 Å². The van der Waals surface area contributed by atoms with E-state index in [0.29, 0.717) is 0 Å². The molecule has 0 radical (unpaired) electrons. The van der Waals surface area contributed by atoms with Gasteiger partial charge in [-0.25, -0.2) is 0 Å². The Labute approximate surface area is 67.3 Å². The van der Waals surface area contributed by atoms with E-state index in [1.54, 1.807) is 0 Å². The maximum atomic E-state index is 5.10. The van der Waals surface area contributed by atoms with Gasteiger partial charge in [-0.1, -0.05) is 0 Å². The minimum atomic E-state index is 0.834. The number of hydrogen-bond donors (Lipinski definition) is 2. The van der Waals surface area contributed by atoms with Crippen molar-refractivity contribution in [2.45, 2.75) is 12.8 Å². The van der Waals surface area contributed by atoms with E-state index in [2.05, 4.69) is 21.5 Å². The molecule has 1 rings (SSSR count). The minimum Gasteiger partial charge on any atom is -0.356 e. The van der Waals surface area contributed by atoms with E-state index < -0.39 is 0 Å². The topological polar surface area (TPSA) is 36.4 Å². The molecule has 1 aliphatic rings. The fourth-order valence-corrected chi connectivity index (χ4v) is 0.914. The van der Waals surface area contributed by atoms with Gasteiger partial charge in [0.25, 0.3) is 0 Å². The summed E-state index contributed by atoms with van der Waals surface area (Å²) in [5.74, 6) is 3.51. The molecule has 60 valence electrons. The van der Waals surface area contributed by atoms with Crippen molar-refractivity contribution in [2.24, 2.45) is 4.99 Å². The Morgan fingerprint density at radius 3 is 3.27 bits per heavy atom. The van der Waals surface area contributed by atoms with Gasteiger partial charge in [-0.2, -0.15) is 0 Å². The molecule has 0 spiro atoms. The number of rotatable bonds is 3.